The number of hydrogen-bond acceptors (Lipinski definition) is 5. The fourth-order valence-electron chi connectivity index (χ4n) is 3.34. The number of anilines is 1. The number of benzene rings is 2. The number of aliphatic hydroxyl groups excluding tert-OH is 1. The van der Waals surface area contributed by atoms with Gasteiger partial charge in [0, 0.05) is 11.6 Å². The molecule has 1 fully saturated rings. The summed E-state index contributed by atoms with van der Waals surface area (Å²) in [7, 11) is 0.375. The van der Waals surface area contributed by atoms with Crippen LogP contribution < -0.4 is 4.72 Å². The molecule has 0 radical (unpaired) electrons. The second-order valence-electron chi connectivity index (χ2n) is 7.72. The molecule has 1 unspecified atom stereocenters. The van der Waals surface area contributed by atoms with E-state index >= 15 is 0 Å². The van der Waals surface area contributed by atoms with E-state index in [0.29, 0.717) is 25.7 Å². The minimum atomic E-state index is -4.68. The Hall–Kier alpha value is -2.11. The standard InChI is InChI=1S/C18H13ClF3NO3S2.C5H11N/c19-17-13(11-3-1-2-10(6-11)9-24)8-16(27-17)28(26)23-12-4-5-14(15(25)7-12)18(20,21)22;1-6-4-2-3-5-6/h1-8,23-25H,9H2;2-5H2,1H3. The van der Waals surface area contributed by atoms with Crippen LogP contribution in [0.25, 0.3) is 11.1 Å². The maximum atomic E-state index is 12.7. The number of phenols is 1. The number of rotatable bonds is 5. The van der Waals surface area contributed by atoms with Gasteiger partial charge in [-0.3, -0.25) is 0 Å². The number of likely N-dealkylation sites (tertiary alicyclic amines) is 1. The molecule has 1 aromatic heterocycles. The van der Waals surface area contributed by atoms with Crippen LogP contribution in [-0.2, 0) is 23.8 Å². The average Bonchev–Trinajstić information content (AvgIpc) is 3.42. The van der Waals surface area contributed by atoms with Gasteiger partial charge in [0.1, 0.15) is 14.3 Å². The topological polar surface area (TPSA) is 72.8 Å². The molecule has 1 saturated heterocycles. The Labute approximate surface area is 207 Å². The predicted molar refractivity (Wildman–Crippen MR) is 131 cm³/mol. The second kappa shape index (κ2) is 11.5. The molecular weight excluding hydrogens is 509 g/mol. The van der Waals surface area contributed by atoms with Crippen molar-refractivity contribution >= 4 is 39.6 Å². The highest BCUT2D eigenvalue weighted by Crippen LogP contribution is 2.39. The summed E-state index contributed by atoms with van der Waals surface area (Å²) in [6, 6.07) is 11.3. The highest BCUT2D eigenvalue weighted by molar-refractivity contribution is 7.88. The molecule has 34 heavy (non-hydrogen) atoms. The third kappa shape index (κ3) is 6.96. The number of nitrogens with zero attached hydrogens (tertiary/aromatic N) is 1. The van der Waals surface area contributed by atoms with E-state index in [2.05, 4.69) is 16.7 Å². The molecule has 0 saturated carbocycles. The van der Waals surface area contributed by atoms with Gasteiger partial charge in [-0.25, -0.2) is 4.21 Å². The van der Waals surface area contributed by atoms with E-state index in [9.17, 15) is 27.6 Å². The van der Waals surface area contributed by atoms with E-state index in [-0.39, 0.29) is 12.3 Å². The van der Waals surface area contributed by atoms with Gasteiger partial charge in [0.05, 0.1) is 17.9 Å². The van der Waals surface area contributed by atoms with Crippen molar-refractivity contribution in [2.24, 2.45) is 0 Å². The van der Waals surface area contributed by atoms with Crippen LogP contribution in [-0.4, -0.2) is 39.5 Å². The van der Waals surface area contributed by atoms with Gasteiger partial charge in [0.25, 0.3) is 0 Å². The average molecular weight is 533 g/mol. The second-order valence-corrected chi connectivity index (χ2v) is 10.8. The molecule has 11 heteroatoms. The van der Waals surface area contributed by atoms with E-state index in [0.717, 1.165) is 29.0 Å². The summed E-state index contributed by atoms with van der Waals surface area (Å²) in [5.41, 5.74) is 0.956. The summed E-state index contributed by atoms with van der Waals surface area (Å²) in [6.45, 7) is 2.51. The minimum Gasteiger partial charge on any atom is -0.507 e. The molecule has 2 heterocycles. The quantitative estimate of drug-likeness (QED) is 0.369. The van der Waals surface area contributed by atoms with Crippen molar-refractivity contribution in [3.8, 4) is 16.9 Å². The number of aromatic hydroxyl groups is 1. The normalized spacial score (nSPS) is 15.0. The van der Waals surface area contributed by atoms with Crippen LogP contribution in [0.5, 0.6) is 5.75 Å². The monoisotopic (exact) mass is 532 g/mol. The largest absolute Gasteiger partial charge is 0.507 e. The smallest absolute Gasteiger partial charge is 0.419 e. The first-order valence-electron chi connectivity index (χ1n) is 10.3. The molecule has 2 aromatic carbocycles. The third-order valence-electron chi connectivity index (χ3n) is 5.11. The Kier molecular flexibility index (Phi) is 9.00. The lowest BCUT2D eigenvalue weighted by molar-refractivity contribution is -0.138. The molecule has 4 rings (SSSR count). The maximum Gasteiger partial charge on any atom is 0.419 e. The highest BCUT2D eigenvalue weighted by Gasteiger charge is 2.33. The van der Waals surface area contributed by atoms with Crippen molar-refractivity contribution in [1.82, 2.24) is 4.90 Å². The third-order valence-corrected chi connectivity index (χ3v) is 7.87. The summed E-state index contributed by atoms with van der Waals surface area (Å²) in [4.78, 5) is 2.36. The van der Waals surface area contributed by atoms with Crippen LogP contribution in [0.4, 0.5) is 18.9 Å². The van der Waals surface area contributed by atoms with Crippen molar-refractivity contribution in [2.75, 3.05) is 24.9 Å². The molecule has 1 aliphatic rings. The molecule has 1 aliphatic heterocycles. The number of alkyl halides is 3. The SMILES string of the molecule is CN1CCCC1.O=S(Nc1ccc(C(F)(F)F)c(O)c1)c1cc(-c2cccc(CO)c2)c(Cl)s1. The Morgan fingerprint density at radius 1 is 1.15 bits per heavy atom. The van der Waals surface area contributed by atoms with Gasteiger partial charge in [0.15, 0.2) is 11.0 Å². The zero-order valence-electron chi connectivity index (χ0n) is 18.2. The van der Waals surface area contributed by atoms with Crippen molar-refractivity contribution in [3.63, 3.8) is 0 Å². The molecule has 0 aliphatic carbocycles. The fraction of sp³-hybridized carbons (Fsp3) is 0.304. The summed E-state index contributed by atoms with van der Waals surface area (Å²) in [6.07, 6.45) is -1.85. The van der Waals surface area contributed by atoms with E-state index in [1.54, 1.807) is 30.3 Å². The summed E-state index contributed by atoms with van der Waals surface area (Å²) >= 11 is 7.31. The summed E-state index contributed by atoms with van der Waals surface area (Å²) in [5, 5.41) is 18.8. The number of aliphatic hydroxyl groups is 1. The van der Waals surface area contributed by atoms with Gasteiger partial charge in [-0.1, -0.05) is 29.8 Å². The number of hydrogen-bond donors (Lipinski definition) is 3. The van der Waals surface area contributed by atoms with Gasteiger partial charge in [-0.05, 0) is 68.4 Å². The Balaban J connectivity index is 0.000000469. The molecule has 0 amide bonds. The lowest BCUT2D eigenvalue weighted by atomic mass is 10.1. The highest BCUT2D eigenvalue weighted by atomic mass is 35.5. The molecule has 184 valence electrons. The Morgan fingerprint density at radius 2 is 1.85 bits per heavy atom. The van der Waals surface area contributed by atoms with Crippen molar-refractivity contribution < 1.29 is 27.6 Å². The predicted octanol–water partition coefficient (Wildman–Crippen LogP) is 6.13. The molecular formula is C23H24ClF3N2O3S2. The Morgan fingerprint density at radius 3 is 2.41 bits per heavy atom. The van der Waals surface area contributed by atoms with Crippen LogP contribution >= 0.6 is 22.9 Å². The van der Waals surface area contributed by atoms with Crippen molar-refractivity contribution in [2.45, 2.75) is 29.8 Å². The van der Waals surface area contributed by atoms with Crippen molar-refractivity contribution in [1.29, 1.82) is 0 Å². The lowest BCUT2D eigenvalue weighted by Gasteiger charge is -2.11. The zero-order chi connectivity index (χ0) is 24.9. The van der Waals surface area contributed by atoms with Crippen LogP contribution in [0.3, 0.4) is 0 Å². The molecule has 0 spiro atoms. The van der Waals surface area contributed by atoms with Gasteiger partial charge >= 0.3 is 6.18 Å². The van der Waals surface area contributed by atoms with E-state index in [1.165, 1.54) is 25.9 Å². The number of halogens is 4. The summed E-state index contributed by atoms with van der Waals surface area (Å²) in [5.74, 6) is -0.958. The van der Waals surface area contributed by atoms with Crippen LogP contribution in [0.15, 0.2) is 52.7 Å². The Bertz CT molecular complexity index is 1150. The first kappa shape index (κ1) is 26.5. The number of phenolic OH excluding ortho intramolecular Hbond substituents is 1. The first-order chi connectivity index (χ1) is 16.1. The van der Waals surface area contributed by atoms with E-state index in [4.69, 9.17) is 11.6 Å². The van der Waals surface area contributed by atoms with E-state index < -0.39 is 28.5 Å². The molecule has 1 atom stereocenters. The molecule has 3 N–H and O–H groups in total. The first-order valence-corrected chi connectivity index (χ1v) is 12.7. The van der Waals surface area contributed by atoms with Crippen LogP contribution in [0, 0.1) is 0 Å². The van der Waals surface area contributed by atoms with Gasteiger partial charge in [0.2, 0.25) is 0 Å². The van der Waals surface area contributed by atoms with Gasteiger partial charge < -0.3 is 19.8 Å². The number of thiophene rings is 1. The van der Waals surface area contributed by atoms with Crippen molar-refractivity contribution in [3.05, 3.63) is 64.0 Å². The van der Waals surface area contributed by atoms with Crippen LogP contribution in [0.2, 0.25) is 4.34 Å². The maximum absolute atomic E-state index is 12.7. The minimum absolute atomic E-state index is 0.0668. The fourth-order valence-corrected chi connectivity index (χ4v) is 5.87. The molecule has 5 nitrogen and oxygen atoms in total. The van der Waals surface area contributed by atoms with E-state index in [1.807, 2.05) is 0 Å². The summed E-state index contributed by atoms with van der Waals surface area (Å²) < 4.78 is 53.9. The zero-order valence-corrected chi connectivity index (χ0v) is 20.6. The van der Waals surface area contributed by atoms with Crippen LogP contribution in [0.1, 0.15) is 24.0 Å². The number of nitrogens with one attached hydrogen (secondary N) is 1. The van der Waals surface area contributed by atoms with Gasteiger partial charge in [-0.15, -0.1) is 11.3 Å². The molecule has 3 aromatic rings. The van der Waals surface area contributed by atoms with Gasteiger partial charge in [-0.2, -0.15) is 13.2 Å². The molecule has 0 bridgehead atoms. The lowest BCUT2D eigenvalue weighted by Crippen LogP contribution is -2.10.